The maximum Gasteiger partial charge on any atom is 0.254 e. The maximum absolute atomic E-state index is 12.7. The fraction of sp³-hybridized carbons (Fsp3) is 0.533. The van der Waals surface area contributed by atoms with Crippen molar-refractivity contribution in [3.8, 4) is 0 Å². The van der Waals surface area contributed by atoms with Crippen LogP contribution < -0.4 is 5.32 Å². The highest BCUT2D eigenvalue weighted by atomic mass is 35.5. The van der Waals surface area contributed by atoms with Crippen molar-refractivity contribution in [2.24, 2.45) is 0 Å². The van der Waals surface area contributed by atoms with Crippen LogP contribution in [0.5, 0.6) is 0 Å². The minimum absolute atomic E-state index is 0. The van der Waals surface area contributed by atoms with E-state index >= 15 is 0 Å². The van der Waals surface area contributed by atoms with E-state index in [1.165, 1.54) is 0 Å². The van der Waals surface area contributed by atoms with Gasteiger partial charge in [0.1, 0.15) is 0 Å². The Labute approximate surface area is 137 Å². The third-order valence-corrected chi connectivity index (χ3v) is 6.06. The molecule has 122 valence electrons. The number of nitrogens with zero attached hydrogens (tertiary/aromatic N) is 1. The molecule has 1 aromatic carbocycles. The summed E-state index contributed by atoms with van der Waals surface area (Å²) in [5, 5.41) is 3.27. The molecule has 22 heavy (non-hydrogen) atoms. The number of amides is 1. The molecule has 0 bridgehead atoms. The average molecular weight is 345 g/mol. The zero-order valence-corrected chi connectivity index (χ0v) is 14.2. The molecule has 1 aromatic rings. The van der Waals surface area contributed by atoms with Crippen LogP contribution in [-0.2, 0) is 16.3 Å². The van der Waals surface area contributed by atoms with E-state index in [1.807, 2.05) is 25.1 Å². The monoisotopic (exact) mass is 344 g/mol. The van der Waals surface area contributed by atoms with Crippen molar-refractivity contribution in [3.05, 3.63) is 29.3 Å². The molecule has 1 fully saturated rings. The van der Waals surface area contributed by atoms with Gasteiger partial charge in [-0.25, -0.2) is 8.42 Å². The SMILES string of the molecule is CCN(C(=O)c1ccc2c(c1)CCN2)C1CCS(=O)(=O)C1.Cl. The number of anilines is 1. The first-order valence-corrected chi connectivity index (χ1v) is 9.20. The molecule has 0 saturated carbocycles. The highest BCUT2D eigenvalue weighted by Gasteiger charge is 2.34. The normalized spacial score (nSPS) is 21.6. The molecule has 2 aliphatic heterocycles. The van der Waals surface area contributed by atoms with Crippen LogP contribution in [-0.4, -0.2) is 49.9 Å². The number of fused-ring (bicyclic) bond motifs is 1. The Hall–Kier alpha value is -1.27. The molecular formula is C15H21ClN2O3S. The Morgan fingerprint density at radius 2 is 2.18 bits per heavy atom. The molecule has 2 aliphatic rings. The van der Waals surface area contributed by atoms with Crippen LogP contribution in [0.15, 0.2) is 18.2 Å². The second-order valence-electron chi connectivity index (χ2n) is 5.70. The molecule has 0 radical (unpaired) electrons. The minimum atomic E-state index is -2.98. The van der Waals surface area contributed by atoms with Crippen LogP contribution in [0.2, 0.25) is 0 Å². The number of benzene rings is 1. The van der Waals surface area contributed by atoms with Crippen molar-refractivity contribution in [2.75, 3.05) is 29.9 Å². The number of carbonyl (C=O) groups excluding carboxylic acids is 1. The van der Waals surface area contributed by atoms with Gasteiger partial charge in [-0.05, 0) is 43.5 Å². The molecule has 0 aliphatic carbocycles. The van der Waals surface area contributed by atoms with Gasteiger partial charge in [0.2, 0.25) is 0 Å². The van der Waals surface area contributed by atoms with Crippen molar-refractivity contribution in [3.63, 3.8) is 0 Å². The van der Waals surface area contributed by atoms with Crippen molar-refractivity contribution in [2.45, 2.75) is 25.8 Å². The molecule has 0 spiro atoms. The summed E-state index contributed by atoms with van der Waals surface area (Å²) in [7, 11) is -2.98. The van der Waals surface area contributed by atoms with Crippen LogP contribution in [0.3, 0.4) is 0 Å². The van der Waals surface area contributed by atoms with Gasteiger partial charge in [0.15, 0.2) is 9.84 Å². The van der Waals surface area contributed by atoms with Crippen LogP contribution >= 0.6 is 12.4 Å². The third-order valence-electron chi connectivity index (χ3n) is 4.31. The molecule has 5 nitrogen and oxygen atoms in total. The number of halogens is 1. The number of sulfone groups is 1. The first-order chi connectivity index (χ1) is 10.00. The van der Waals surface area contributed by atoms with E-state index in [0.717, 1.165) is 24.2 Å². The van der Waals surface area contributed by atoms with E-state index in [2.05, 4.69) is 5.32 Å². The molecular weight excluding hydrogens is 324 g/mol. The van der Waals surface area contributed by atoms with Gasteiger partial charge in [0.05, 0.1) is 11.5 Å². The fourth-order valence-electron chi connectivity index (χ4n) is 3.19. The quantitative estimate of drug-likeness (QED) is 0.906. The van der Waals surface area contributed by atoms with Gasteiger partial charge in [-0.2, -0.15) is 0 Å². The molecule has 1 saturated heterocycles. The highest BCUT2D eigenvalue weighted by molar-refractivity contribution is 7.91. The predicted octanol–water partition coefficient (Wildman–Crippen LogP) is 1.73. The zero-order valence-electron chi connectivity index (χ0n) is 12.5. The second-order valence-corrected chi connectivity index (χ2v) is 7.93. The number of nitrogens with one attached hydrogen (secondary N) is 1. The highest BCUT2D eigenvalue weighted by Crippen LogP contribution is 2.25. The summed E-state index contributed by atoms with van der Waals surface area (Å²) in [5.41, 5.74) is 2.91. The predicted molar refractivity (Wildman–Crippen MR) is 89.7 cm³/mol. The number of rotatable bonds is 3. The van der Waals surface area contributed by atoms with Gasteiger partial charge in [0.25, 0.3) is 5.91 Å². The van der Waals surface area contributed by atoms with E-state index in [-0.39, 0.29) is 35.9 Å². The van der Waals surface area contributed by atoms with Crippen LogP contribution in [0.25, 0.3) is 0 Å². The Morgan fingerprint density at radius 1 is 1.41 bits per heavy atom. The van der Waals surface area contributed by atoms with Crippen molar-refractivity contribution >= 4 is 33.8 Å². The lowest BCUT2D eigenvalue weighted by Gasteiger charge is -2.27. The largest absolute Gasteiger partial charge is 0.384 e. The first kappa shape index (κ1) is 17.1. The molecule has 1 unspecified atom stereocenters. The number of hydrogen-bond donors (Lipinski definition) is 1. The summed E-state index contributed by atoms with van der Waals surface area (Å²) in [6.45, 7) is 3.34. The van der Waals surface area contributed by atoms with Gasteiger partial charge in [-0.1, -0.05) is 0 Å². The van der Waals surface area contributed by atoms with Gasteiger partial charge in [-0.3, -0.25) is 4.79 Å². The molecule has 0 aromatic heterocycles. The standard InChI is InChI=1S/C15H20N2O3S.ClH/c1-2-17(13-6-8-21(19,20)10-13)15(18)12-3-4-14-11(9-12)5-7-16-14;/h3-4,9,13,16H,2,5-8,10H2,1H3;1H. The maximum atomic E-state index is 12.7. The summed E-state index contributed by atoms with van der Waals surface area (Å²) in [4.78, 5) is 14.4. The van der Waals surface area contributed by atoms with Gasteiger partial charge in [-0.15, -0.1) is 12.4 Å². The zero-order chi connectivity index (χ0) is 15.0. The smallest absolute Gasteiger partial charge is 0.254 e. The number of carbonyl (C=O) groups is 1. The summed E-state index contributed by atoms with van der Waals surface area (Å²) in [6, 6.07) is 5.52. The van der Waals surface area contributed by atoms with Gasteiger partial charge in [0, 0.05) is 30.4 Å². The van der Waals surface area contributed by atoms with E-state index < -0.39 is 9.84 Å². The molecule has 1 N–H and O–H groups in total. The molecule has 7 heteroatoms. The Balaban J connectivity index is 0.00000176. The van der Waals surface area contributed by atoms with Crippen molar-refractivity contribution in [1.82, 2.24) is 4.90 Å². The lowest BCUT2D eigenvalue weighted by atomic mass is 10.1. The minimum Gasteiger partial charge on any atom is -0.384 e. The summed E-state index contributed by atoms with van der Waals surface area (Å²) in [5.74, 6) is 0.226. The molecule has 1 amide bonds. The summed E-state index contributed by atoms with van der Waals surface area (Å²) in [6.07, 6.45) is 1.48. The molecule has 2 heterocycles. The first-order valence-electron chi connectivity index (χ1n) is 7.38. The van der Waals surface area contributed by atoms with Crippen molar-refractivity contribution in [1.29, 1.82) is 0 Å². The fourth-order valence-corrected chi connectivity index (χ4v) is 4.92. The van der Waals surface area contributed by atoms with Crippen LogP contribution in [0.1, 0.15) is 29.3 Å². The number of hydrogen-bond acceptors (Lipinski definition) is 4. The van der Waals surface area contributed by atoms with Crippen LogP contribution in [0.4, 0.5) is 5.69 Å². The van der Waals surface area contributed by atoms with E-state index in [4.69, 9.17) is 0 Å². The Bertz CT molecular complexity index is 675. The second kappa shape index (κ2) is 6.46. The van der Waals surface area contributed by atoms with E-state index in [1.54, 1.807) is 4.90 Å². The average Bonchev–Trinajstić information content (AvgIpc) is 3.05. The van der Waals surface area contributed by atoms with E-state index in [9.17, 15) is 13.2 Å². The lowest BCUT2D eigenvalue weighted by Crippen LogP contribution is -2.41. The third kappa shape index (κ3) is 3.22. The lowest BCUT2D eigenvalue weighted by molar-refractivity contribution is 0.0708. The molecule has 1 atom stereocenters. The Morgan fingerprint density at radius 3 is 2.82 bits per heavy atom. The topological polar surface area (TPSA) is 66.5 Å². The van der Waals surface area contributed by atoms with Crippen LogP contribution in [0, 0.1) is 0 Å². The summed E-state index contributed by atoms with van der Waals surface area (Å²) >= 11 is 0. The van der Waals surface area contributed by atoms with E-state index in [0.29, 0.717) is 18.5 Å². The summed E-state index contributed by atoms with van der Waals surface area (Å²) < 4.78 is 23.3. The van der Waals surface area contributed by atoms with Gasteiger partial charge < -0.3 is 10.2 Å². The van der Waals surface area contributed by atoms with Crippen molar-refractivity contribution < 1.29 is 13.2 Å². The Kier molecular flexibility index (Phi) is 5.02. The molecule has 3 rings (SSSR count). The van der Waals surface area contributed by atoms with Gasteiger partial charge >= 0.3 is 0 Å².